The van der Waals surface area contributed by atoms with Crippen LogP contribution < -0.4 is 5.32 Å². The lowest BCUT2D eigenvalue weighted by molar-refractivity contribution is 0.238. The van der Waals surface area contributed by atoms with Gasteiger partial charge in [-0.2, -0.15) is 0 Å². The van der Waals surface area contributed by atoms with Crippen molar-refractivity contribution in [2.24, 2.45) is 0 Å². The molecule has 1 fully saturated rings. The fourth-order valence-electron chi connectivity index (χ4n) is 2.70. The third-order valence-electron chi connectivity index (χ3n) is 3.77. The van der Waals surface area contributed by atoms with Crippen LogP contribution in [0.3, 0.4) is 0 Å². The van der Waals surface area contributed by atoms with Crippen molar-refractivity contribution in [1.29, 1.82) is 0 Å². The van der Waals surface area contributed by atoms with Gasteiger partial charge in [-0.25, -0.2) is 0 Å². The molecule has 96 valence electrons. The van der Waals surface area contributed by atoms with Gasteiger partial charge in [0.1, 0.15) is 0 Å². The fraction of sp³-hybridized carbons (Fsp3) is 0.467. The average molecular weight is 243 g/mol. The highest BCUT2D eigenvalue weighted by Crippen LogP contribution is 2.15. The zero-order valence-corrected chi connectivity index (χ0v) is 10.8. The second kappa shape index (κ2) is 5.55. The molecule has 0 radical (unpaired) electrons. The summed E-state index contributed by atoms with van der Waals surface area (Å²) in [4.78, 5) is 5.80. The molecular formula is C15H21N3. The first-order valence-corrected chi connectivity index (χ1v) is 6.91. The van der Waals surface area contributed by atoms with E-state index in [4.69, 9.17) is 0 Å². The second-order valence-corrected chi connectivity index (χ2v) is 5.09. The van der Waals surface area contributed by atoms with Gasteiger partial charge in [0.25, 0.3) is 0 Å². The Morgan fingerprint density at radius 1 is 1.11 bits per heavy atom. The molecule has 0 bridgehead atoms. The molecule has 0 atom stereocenters. The summed E-state index contributed by atoms with van der Waals surface area (Å²) in [5, 5.41) is 4.72. The van der Waals surface area contributed by atoms with Crippen molar-refractivity contribution in [2.45, 2.75) is 12.8 Å². The summed E-state index contributed by atoms with van der Waals surface area (Å²) < 4.78 is 0. The van der Waals surface area contributed by atoms with Crippen LogP contribution in [0.15, 0.2) is 30.5 Å². The van der Waals surface area contributed by atoms with E-state index >= 15 is 0 Å². The Bertz CT molecular complexity index is 497. The Balaban J connectivity index is 1.52. The summed E-state index contributed by atoms with van der Waals surface area (Å²) in [6.07, 6.45) is 4.45. The van der Waals surface area contributed by atoms with Gasteiger partial charge in [-0.05, 0) is 48.5 Å². The largest absolute Gasteiger partial charge is 0.361 e. The zero-order chi connectivity index (χ0) is 12.2. The van der Waals surface area contributed by atoms with Crippen LogP contribution in [0, 0.1) is 0 Å². The molecule has 0 amide bonds. The maximum Gasteiger partial charge on any atom is 0.0454 e. The topological polar surface area (TPSA) is 31.1 Å². The predicted octanol–water partition coefficient (Wildman–Crippen LogP) is 2.01. The van der Waals surface area contributed by atoms with Crippen molar-refractivity contribution in [2.75, 3.05) is 32.7 Å². The molecule has 0 unspecified atom stereocenters. The molecular weight excluding hydrogens is 222 g/mol. The lowest BCUT2D eigenvalue weighted by Gasteiger charge is -2.27. The first kappa shape index (κ1) is 11.8. The number of hydrogen-bond donors (Lipinski definition) is 2. The summed E-state index contributed by atoms with van der Waals surface area (Å²) in [5.74, 6) is 0. The van der Waals surface area contributed by atoms with Crippen molar-refractivity contribution < 1.29 is 0 Å². The third-order valence-corrected chi connectivity index (χ3v) is 3.77. The molecule has 0 saturated carbocycles. The molecule has 18 heavy (non-hydrogen) atoms. The molecule has 2 N–H and O–H groups in total. The molecule has 2 heterocycles. The number of aromatic amines is 1. The lowest BCUT2D eigenvalue weighted by Crippen LogP contribution is -2.43. The predicted molar refractivity (Wildman–Crippen MR) is 75.9 cm³/mol. The molecule has 3 nitrogen and oxygen atoms in total. The number of rotatable bonds is 4. The number of fused-ring (bicyclic) bond motifs is 1. The highest BCUT2D eigenvalue weighted by Gasteiger charge is 2.08. The standard InChI is InChI=1S/C15H21N3/c1(9-18-10-7-16-8-11-18)2-13-3-4-15-14(12-13)5-6-17-15/h3-6,12,16-17H,1-2,7-11H2. The van der Waals surface area contributed by atoms with Gasteiger partial charge in [-0.3, -0.25) is 0 Å². The summed E-state index contributed by atoms with van der Waals surface area (Å²) in [6.45, 7) is 5.94. The van der Waals surface area contributed by atoms with E-state index in [0.29, 0.717) is 0 Å². The SMILES string of the molecule is c1cc2cc(CCCN3CCNCC3)ccc2[nH]1. The molecule has 1 saturated heterocycles. The number of aromatic nitrogens is 1. The van der Waals surface area contributed by atoms with E-state index in [-0.39, 0.29) is 0 Å². The van der Waals surface area contributed by atoms with Gasteiger partial charge in [0.05, 0.1) is 0 Å². The van der Waals surface area contributed by atoms with Crippen LogP contribution in [-0.4, -0.2) is 42.6 Å². The highest BCUT2D eigenvalue weighted by molar-refractivity contribution is 5.79. The second-order valence-electron chi connectivity index (χ2n) is 5.09. The van der Waals surface area contributed by atoms with Crippen LogP contribution in [0.4, 0.5) is 0 Å². The summed E-state index contributed by atoms with van der Waals surface area (Å²) in [5.41, 5.74) is 2.69. The number of benzene rings is 1. The minimum absolute atomic E-state index is 1.15. The molecule has 1 aliphatic heterocycles. The van der Waals surface area contributed by atoms with Crippen molar-refractivity contribution in [1.82, 2.24) is 15.2 Å². The normalized spacial score (nSPS) is 17.3. The number of aryl methyl sites for hydroxylation is 1. The summed E-state index contributed by atoms with van der Waals surface area (Å²) in [7, 11) is 0. The number of nitrogens with zero attached hydrogens (tertiary/aromatic N) is 1. The molecule has 3 heteroatoms. The first-order chi connectivity index (χ1) is 8.92. The fourth-order valence-corrected chi connectivity index (χ4v) is 2.70. The Kier molecular flexibility index (Phi) is 3.62. The Morgan fingerprint density at radius 3 is 2.89 bits per heavy atom. The van der Waals surface area contributed by atoms with Crippen LogP contribution >= 0.6 is 0 Å². The van der Waals surface area contributed by atoms with E-state index in [1.165, 1.54) is 48.9 Å². The Morgan fingerprint density at radius 2 is 2.00 bits per heavy atom. The first-order valence-electron chi connectivity index (χ1n) is 6.91. The van der Waals surface area contributed by atoms with E-state index < -0.39 is 0 Å². The molecule has 1 aromatic heterocycles. The molecule has 1 aromatic carbocycles. The van der Waals surface area contributed by atoms with Crippen LogP contribution in [0.5, 0.6) is 0 Å². The zero-order valence-electron chi connectivity index (χ0n) is 10.8. The molecule has 3 rings (SSSR count). The van der Waals surface area contributed by atoms with Crippen LogP contribution in [0.1, 0.15) is 12.0 Å². The molecule has 1 aliphatic rings. The van der Waals surface area contributed by atoms with Gasteiger partial charge >= 0.3 is 0 Å². The number of H-pyrrole nitrogens is 1. The minimum Gasteiger partial charge on any atom is -0.361 e. The average Bonchev–Trinajstić information content (AvgIpc) is 2.87. The van der Waals surface area contributed by atoms with E-state index in [2.05, 4.69) is 39.5 Å². The van der Waals surface area contributed by atoms with Gasteiger partial charge in [0.15, 0.2) is 0 Å². The van der Waals surface area contributed by atoms with Crippen LogP contribution in [-0.2, 0) is 6.42 Å². The van der Waals surface area contributed by atoms with E-state index in [0.717, 1.165) is 13.1 Å². The Hall–Kier alpha value is -1.32. The van der Waals surface area contributed by atoms with Crippen molar-refractivity contribution in [3.63, 3.8) is 0 Å². The smallest absolute Gasteiger partial charge is 0.0454 e. The van der Waals surface area contributed by atoms with Gasteiger partial charge < -0.3 is 15.2 Å². The van der Waals surface area contributed by atoms with Crippen molar-refractivity contribution in [3.8, 4) is 0 Å². The van der Waals surface area contributed by atoms with Crippen LogP contribution in [0.25, 0.3) is 10.9 Å². The third kappa shape index (κ3) is 2.74. The molecule has 0 spiro atoms. The van der Waals surface area contributed by atoms with E-state index in [1.807, 2.05) is 6.20 Å². The van der Waals surface area contributed by atoms with Gasteiger partial charge in [0.2, 0.25) is 0 Å². The van der Waals surface area contributed by atoms with Gasteiger partial charge in [-0.1, -0.05) is 6.07 Å². The minimum atomic E-state index is 1.15. The van der Waals surface area contributed by atoms with E-state index in [1.54, 1.807) is 0 Å². The number of nitrogens with one attached hydrogen (secondary N) is 2. The maximum absolute atomic E-state index is 3.39. The Labute approximate surface area is 108 Å². The van der Waals surface area contributed by atoms with E-state index in [9.17, 15) is 0 Å². The monoisotopic (exact) mass is 243 g/mol. The number of piperazine rings is 1. The quantitative estimate of drug-likeness (QED) is 0.860. The lowest BCUT2D eigenvalue weighted by atomic mass is 10.1. The molecule has 2 aromatic rings. The van der Waals surface area contributed by atoms with Crippen molar-refractivity contribution >= 4 is 10.9 Å². The van der Waals surface area contributed by atoms with Crippen LogP contribution in [0.2, 0.25) is 0 Å². The summed E-state index contributed by atoms with van der Waals surface area (Å²) >= 11 is 0. The van der Waals surface area contributed by atoms with Gasteiger partial charge in [0, 0.05) is 37.9 Å². The van der Waals surface area contributed by atoms with Gasteiger partial charge in [-0.15, -0.1) is 0 Å². The molecule has 0 aliphatic carbocycles. The summed E-state index contributed by atoms with van der Waals surface area (Å²) in [6, 6.07) is 8.89. The maximum atomic E-state index is 3.39. The highest BCUT2D eigenvalue weighted by atomic mass is 15.2. The van der Waals surface area contributed by atoms with Crippen molar-refractivity contribution in [3.05, 3.63) is 36.0 Å². The number of hydrogen-bond acceptors (Lipinski definition) is 2.